The minimum Gasteiger partial charge on any atom is -0.422 e. The van der Waals surface area contributed by atoms with E-state index >= 15 is 0 Å². The smallest absolute Gasteiger partial charge is 0.346 e. The van der Waals surface area contributed by atoms with Crippen LogP contribution in [-0.4, -0.2) is 6.21 Å². The number of anilines is 1. The molecule has 3 rings (SSSR count). The van der Waals surface area contributed by atoms with Gasteiger partial charge in [-0.1, -0.05) is 23.7 Å². The van der Waals surface area contributed by atoms with Gasteiger partial charge >= 0.3 is 5.63 Å². The molecule has 3 aromatic rings. The van der Waals surface area contributed by atoms with Crippen molar-refractivity contribution in [2.45, 2.75) is 0 Å². The fourth-order valence-electron chi connectivity index (χ4n) is 1.98. The predicted molar refractivity (Wildman–Crippen MR) is 85.1 cm³/mol. The number of benzene rings is 2. The molecule has 0 aliphatic carbocycles. The second-order valence-electron chi connectivity index (χ2n) is 4.61. The lowest BCUT2D eigenvalue weighted by molar-refractivity contribution is 0.560. The zero-order valence-corrected chi connectivity index (χ0v) is 12.3. The first-order chi connectivity index (χ1) is 11.1. The van der Waals surface area contributed by atoms with Crippen LogP contribution in [0.3, 0.4) is 0 Å². The molecular formula is C16H9ClF2N2O2. The molecular weight excluding hydrogens is 326 g/mol. The summed E-state index contributed by atoms with van der Waals surface area (Å²) in [7, 11) is 0. The number of fused-ring (bicyclic) bond motifs is 1. The molecule has 116 valence electrons. The highest BCUT2D eigenvalue weighted by Crippen LogP contribution is 2.23. The van der Waals surface area contributed by atoms with Crippen LogP contribution >= 0.6 is 11.6 Å². The van der Waals surface area contributed by atoms with Crippen LogP contribution < -0.4 is 11.1 Å². The number of hydrogen-bond donors (Lipinski definition) is 1. The molecule has 0 saturated heterocycles. The fourth-order valence-corrected chi connectivity index (χ4v) is 2.26. The number of nitrogens with one attached hydrogen (secondary N) is 1. The average molecular weight is 335 g/mol. The molecule has 2 aromatic carbocycles. The maximum Gasteiger partial charge on any atom is 0.346 e. The fraction of sp³-hybridized carbons (Fsp3) is 0. The first-order valence-electron chi connectivity index (χ1n) is 6.52. The standard InChI is InChI=1S/C16H9ClF2N2O2/c17-15-10-3-1-2-4-14(10)23-16(22)11(15)8-20-21-13-6-5-9(18)7-12(13)19/h1-8,21H/b20-8+. The lowest BCUT2D eigenvalue weighted by atomic mass is 10.2. The number of para-hydroxylation sites is 1. The van der Waals surface area contributed by atoms with Crippen molar-refractivity contribution in [3.63, 3.8) is 0 Å². The van der Waals surface area contributed by atoms with E-state index in [0.29, 0.717) is 11.0 Å². The Bertz CT molecular complexity index is 970. The van der Waals surface area contributed by atoms with Crippen molar-refractivity contribution in [1.29, 1.82) is 0 Å². The Labute approximate surface area is 134 Å². The molecule has 0 radical (unpaired) electrons. The van der Waals surface area contributed by atoms with Gasteiger partial charge in [-0.3, -0.25) is 5.43 Å². The van der Waals surface area contributed by atoms with Crippen LogP contribution in [0.4, 0.5) is 14.5 Å². The molecule has 0 atom stereocenters. The van der Waals surface area contributed by atoms with Gasteiger partial charge in [0, 0.05) is 11.5 Å². The largest absolute Gasteiger partial charge is 0.422 e. The van der Waals surface area contributed by atoms with Crippen molar-refractivity contribution in [1.82, 2.24) is 0 Å². The van der Waals surface area contributed by atoms with Crippen molar-refractivity contribution >= 4 is 34.5 Å². The molecule has 1 aromatic heterocycles. The number of hydrazone groups is 1. The molecule has 0 aliphatic heterocycles. The van der Waals surface area contributed by atoms with Gasteiger partial charge in [-0.2, -0.15) is 5.10 Å². The van der Waals surface area contributed by atoms with Crippen LogP contribution in [0.5, 0.6) is 0 Å². The molecule has 0 bridgehead atoms. The molecule has 0 amide bonds. The lowest BCUT2D eigenvalue weighted by Gasteiger charge is -2.03. The highest BCUT2D eigenvalue weighted by atomic mass is 35.5. The van der Waals surface area contributed by atoms with Gasteiger partial charge in [0.1, 0.15) is 11.4 Å². The van der Waals surface area contributed by atoms with Crippen molar-refractivity contribution in [3.8, 4) is 0 Å². The van der Waals surface area contributed by atoms with Crippen LogP contribution in [0.15, 0.2) is 56.8 Å². The Morgan fingerprint density at radius 3 is 2.74 bits per heavy atom. The second-order valence-corrected chi connectivity index (χ2v) is 4.99. The van der Waals surface area contributed by atoms with Crippen LogP contribution in [0.1, 0.15) is 5.56 Å². The third-order valence-corrected chi connectivity index (χ3v) is 3.50. The predicted octanol–water partition coefficient (Wildman–Crippen LogP) is 4.17. The molecule has 0 fully saturated rings. The van der Waals surface area contributed by atoms with Gasteiger partial charge in [0.05, 0.1) is 22.5 Å². The van der Waals surface area contributed by atoms with Gasteiger partial charge in [-0.05, 0) is 24.3 Å². The molecule has 23 heavy (non-hydrogen) atoms. The topological polar surface area (TPSA) is 54.6 Å². The summed E-state index contributed by atoms with van der Waals surface area (Å²) in [5.41, 5.74) is 2.06. The third-order valence-electron chi connectivity index (χ3n) is 3.09. The highest BCUT2D eigenvalue weighted by Gasteiger charge is 2.11. The van der Waals surface area contributed by atoms with Crippen LogP contribution in [0.2, 0.25) is 5.02 Å². The molecule has 0 unspecified atom stereocenters. The first kappa shape index (κ1) is 15.2. The van der Waals surface area contributed by atoms with Crippen LogP contribution in [-0.2, 0) is 0 Å². The quantitative estimate of drug-likeness (QED) is 0.444. The van der Waals surface area contributed by atoms with E-state index in [0.717, 1.165) is 18.3 Å². The molecule has 4 nitrogen and oxygen atoms in total. The van der Waals surface area contributed by atoms with E-state index in [4.69, 9.17) is 16.0 Å². The summed E-state index contributed by atoms with van der Waals surface area (Å²) in [6, 6.07) is 9.77. The van der Waals surface area contributed by atoms with Crippen molar-refractivity contribution < 1.29 is 13.2 Å². The van der Waals surface area contributed by atoms with Crippen LogP contribution in [0, 0.1) is 11.6 Å². The summed E-state index contributed by atoms with van der Waals surface area (Å²) in [5.74, 6) is -1.51. The first-order valence-corrected chi connectivity index (χ1v) is 6.89. The minimum atomic E-state index is -0.807. The second kappa shape index (κ2) is 6.18. The molecule has 0 saturated carbocycles. The van der Waals surface area contributed by atoms with Crippen molar-refractivity contribution in [2.24, 2.45) is 5.10 Å². The molecule has 1 heterocycles. The zero-order valence-electron chi connectivity index (χ0n) is 11.5. The Morgan fingerprint density at radius 2 is 1.96 bits per heavy atom. The van der Waals surface area contributed by atoms with Gasteiger partial charge in [-0.25, -0.2) is 13.6 Å². The summed E-state index contributed by atoms with van der Waals surface area (Å²) >= 11 is 6.18. The number of rotatable bonds is 3. The van der Waals surface area contributed by atoms with E-state index in [2.05, 4.69) is 10.5 Å². The monoisotopic (exact) mass is 334 g/mol. The van der Waals surface area contributed by atoms with E-state index in [1.807, 2.05) is 0 Å². The van der Waals surface area contributed by atoms with Gasteiger partial charge in [-0.15, -0.1) is 0 Å². The Hall–Kier alpha value is -2.73. The number of nitrogens with zero attached hydrogens (tertiary/aromatic N) is 1. The normalized spacial score (nSPS) is 11.3. The Balaban J connectivity index is 1.93. The third kappa shape index (κ3) is 3.07. The zero-order chi connectivity index (χ0) is 16.4. The summed E-state index contributed by atoms with van der Waals surface area (Å²) < 4.78 is 31.4. The van der Waals surface area contributed by atoms with Gasteiger partial charge in [0.2, 0.25) is 0 Å². The number of halogens is 3. The van der Waals surface area contributed by atoms with Crippen LogP contribution in [0.25, 0.3) is 11.0 Å². The maximum absolute atomic E-state index is 13.5. The van der Waals surface area contributed by atoms with Gasteiger partial charge < -0.3 is 4.42 Å². The van der Waals surface area contributed by atoms with E-state index in [9.17, 15) is 13.6 Å². The van der Waals surface area contributed by atoms with E-state index in [-0.39, 0.29) is 16.3 Å². The number of hydrogen-bond acceptors (Lipinski definition) is 4. The Kier molecular flexibility index (Phi) is 4.08. The van der Waals surface area contributed by atoms with E-state index in [1.54, 1.807) is 24.3 Å². The minimum absolute atomic E-state index is 0.0281. The van der Waals surface area contributed by atoms with Crippen molar-refractivity contribution in [3.05, 3.63) is 75.1 Å². The Morgan fingerprint density at radius 1 is 1.17 bits per heavy atom. The SMILES string of the molecule is O=c1oc2ccccc2c(Cl)c1/C=N/Nc1ccc(F)cc1F. The van der Waals surface area contributed by atoms with Crippen molar-refractivity contribution in [2.75, 3.05) is 5.43 Å². The van der Waals surface area contributed by atoms with E-state index < -0.39 is 17.3 Å². The van der Waals surface area contributed by atoms with E-state index in [1.165, 1.54) is 6.07 Å². The lowest BCUT2D eigenvalue weighted by Crippen LogP contribution is -2.08. The molecule has 1 N–H and O–H groups in total. The molecule has 0 spiro atoms. The maximum atomic E-state index is 13.5. The van der Waals surface area contributed by atoms with Gasteiger partial charge in [0.25, 0.3) is 0 Å². The summed E-state index contributed by atoms with van der Waals surface area (Å²) in [6.45, 7) is 0. The summed E-state index contributed by atoms with van der Waals surface area (Å²) in [5, 5.41) is 4.49. The summed E-state index contributed by atoms with van der Waals surface area (Å²) in [6.07, 6.45) is 1.13. The summed E-state index contributed by atoms with van der Waals surface area (Å²) in [4.78, 5) is 11.9. The van der Waals surface area contributed by atoms with Gasteiger partial charge in [0.15, 0.2) is 5.82 Å². The molecule has 0 aliphatic rings. The highest BCUT2D eigenvalue weighted by molar-refractivity contribution is 6.37. The average Bonchev–Trinajstić information content (AvgIpc) is 2.52. The molecule has 7 heteroatoms.